The standard InChI is InChI=1S/C11H24N2O/c1-13(2)7-3-6-12-10-11-4-8-14-9-5-11/h11-12H,3-10H2,1-2H3. The fourth-order valence-corrected chi connectivity index (χ4v) is 1.78. The summed E-state index contributed by atoms with van der Waals surface area (Å²) in [4.78, 5) is 2.23. The Kier molecular flexibility index (Phi) is 6.15. The molecule has 3 heteroatoms. The summed E-state index contributed by atoms with van der Waals surface area (Å²) in [6.45, 7) is 5.43. The van der Waals surface area contributed by atoms with Crippen molar-refractivity contribution in [3.05, 3.63) is 0 Å². The van der Waals surface area contributed by atoms with Crippen molar-refractivity contribution in [3.63, 3.8) is 0 Å². The highest BCUT2D eigenvalue weighted by atomic mass is 16.5. The molecule has 1 N–H and O–H groups in total. The fraction of sp³-hybridized carbons (Fsp3) is 1.00. The number of rotatable bonds is 6. The van der Waals surface area contributed by atoms with Crippen molar-refractivity contribution in [1.29, 1.82) is 0 Å². The third-order valence-electron chi connectivity index (χ3n) is 2.73. The number of hydrogen-bond acceptors (Lipinski definition) is 3. The zero-order valence-electron chi connectivity index (χ0n) is 9.59. The van der Waals surface area contributed by atoms with E-state index in [1.54, 1.807) is 0 Å². The van der Waals surface area contributed by atoms with Gasteiger partial charge in [-0.3, -0.25) is 0 Å². The molecule has 0 aromatic heterocycles. The Bertz CT molecular complexity index is 133. The Morgan fingerprint density at radius 1 is 1.29 bits per heavy atom. The predicted octanol–water partition coefficient (Wildman–Crippen LogP) is 0.954. The Morgan fingerprint density at radius 2 is 2.00 bits per heavy atom. The smallest absolute Gasteiger partial charge is 0.0469 e. The van der Waals surface area contributed by atoms with Crippen LogP contribution >= 0.6 is 0 Å². The van der Waals surface area contributed by atoms with Gasteiger partial charge in [-0.1, -0.05) is 0 Å². The largest absolute Gasteiger partial charge is 0.381 e. The van der Waals surface area contributed by atoms with Gasteiger partial charge in [-0.2, -0.15) is 0 Å². The molecular formula is C11H24N2O. The van der Waals surface area contributed by atoms with Crippen LogP contribution in [-0.4, -0.2) is 51.8 Å². The van der Waals surface area contributed by atoms with Crippen LogP contribution in [-0.2, 0) is 4.74 Å². The van der Waals surface area contributed by atoms with Crippen molar-refractivity contribution in [2.75, 3.05) is 46.9 Å². The van der Waals surface area contributed by atoms with Gasteiger partial charge in [-0.25, -0.2) is 0 Å². The summed E-state index contributed by atoms with van der Waals surface area (Å²) in [5.41, 5.74) is 0. The van der Waals surface area contributed by atoms with Gasteiger partial charge in [0.05, 0.1) is 0 Å². The predicted molar refractivity (Wildman–Crippen MR) is 59.6 cm³/mol. The van der Waals surface area contributed by atoms with E-state index < -0.39 is 0 Å². The van der Waals surface area contributed by atoms with Crippen LogP contribution in [0.5, 0.6) is 0 Å². The van der Waals surface area contributed by atoms with Crippen molar-refractivity contribution in [2.45, 2.75) is 19.3 Å². The van der Waals surface area contributed by atoms with Crippen LogP contribution in [0.25, 0.3) is 0 Å². The molecule has 1 fully saturated rings. The first kappa shape index (κ1) is 12.0. The average molecular weight is 200 g/mol. The summed E-state index contributed by atoms with van der Waals surface area (Å²) < 4.78 is 5.32. The summed E-state index contributed by atoms with van der Waals surface area (Å²) in [5, 5.41) is 3.53. The monoisotopic (exact) mass is 200 g/mol. The first-order chi connectivity index (χ1) is 6.79. The topological polar surface area (TPSA) is 24.5 Å². The van der Waals surface area contributed by atoms with Gasteiger partial charge in [-0.05, 0) is 58.9 Å². The van der Waals surface area contributed by atoms with E-state index in [0.29, 0.717) is 0 Å². The molecule has 1 saturated heterocycles. The third-order valence-corrected chi connectivity index (χ3v) is 2.73. The lowest BCUT2D eigenvalue weighted by molar-refractivity contribution is 0.0663. The number of hydrogen-bond donors (Lipinski definition) is 1. The molecule has 0 bridgehead atoms. The van der Waals surface area contributed by atoms with Gasteiger partial charge >= 0.3 is 0 Å². The molecule has 1 heterocycles. The molecule has 3 nitrogen and oxygen atoms in total. The maximum Gasteiger partial charge on any atom is 0.0469 e. The van der Waals surface area contributed by atoms with Crippen molar-refractivity contribution in [3.8, 4) is 0 Å². The molecule has 0 amide bonds. The van der Waals surface area contributed by atoms with Gasteiger partial charge < -0.3 is 15.0 Å². The van der Waals surface area contributed by atoms with Crippen molar-refractivity contribution in [1.82, 2.24) is 10.2 Å². The van der Waals surface area contributed by atoms with Gasteiger partial charge in [0.1, 0.15) is 0 Å². The molecule has 0 atom stereocenters. The van der Waals surface area contributed by atoms with Gasteiger partial charge in [0.15, 0.2) is 0 Å². The quantitative estimate of drug-likeness (QED) is 0.646. The van der Waals surface area contributed by atoms with E-state index in [-0.39, 0.29) is 0 Å². The van der Waals surface area contributed by atoms with Crippen molar-refractivity contribution >= 4 is 0 Å². The van der Waals surface area contributed by atoms with Gasteiger partial charge in [-0.15, -0.1) is 0 Å². The normalized spacial score (nSPS) is 19.1. The van der Waals surface area contributed by atoms with E-state index in [1.807, 2.05) is 0 Å². The summed E-state index contributed by atoms with van der Waals surface area (Å²) >= 11 is 0. The second kappa shape index (κ2) is 7.21. The SMILES string of the molecule is CN(C)CCCNCC1CCOCC1. The van der Waals surface area contributed by atoms with Crippen LogP contribution in [0.4, 0.5) is 0 Å². The van der Waals surface area contributed by atoms with Gasteiger partial charge in [0, 0.05) is 13.2 Å². The highest BCUT2D eigenvalue weighted by Crippen LogP contribution is 2.12. The Hall–Kier alpha value is -0.120. The maximum absolute atomic E-state index is 5.32. The molecule has 1 aliphatic rings. The first-order valence-corrected chi connectivity index (χ1v) is 5.72. The Labute approximate surface area is 87.8 Å². The second-order valence-corrected chi connectivity index (χ2v) is 4.42. The molecule has 1 rings (SSSR count). The maximum atomic E-state index is 5.32. The molecule has 0 saturated carbocycles. The third kappa shape index (κ3) is 5.58. The Morgan fingerprint density at radius 3 is 2.64 bits per heavy atom. The van der Waals surface area contributed by atoms with Crippen LogP contribution < -0.4 is 5.32 Å². The van der Waals surface area contributed by atoms with Crippen molar-refractivity contribution in [2.24, 2.45) is 5.92 Å². The van der Waals surface area contributed by atoms with E-state index in [9.17, 15) is 0 Å². The molecule has 0 radical (unpaired) electrons. The van der Waals surface area contributed by atoms with E-state index in [1.165, 1.54) is 32.4 Å². The molecule has 0 aromatic carbocycles. The number of nitrogens with zero attached hydrogens (tertiary/aromatic N) is 1. The molecule has 14 heavy (non-hydrogen) atoms. The van der Waals surface area contributed by atoms with E-state index in [0.717, 1.165) is 25.7 Å². The lowest BCUT2D eigenvalue weighted by atomic mass is 10.0. The lowest BCUT2D eigenvalue weighted by Gasteiger charge is -2.22. The van der Waals surface area contributed by atoms with Crippen LogP contribution in [0, 0.1) is 5.92 Å². The fourth-order valence-electron chi connectivity index (χ4n) is 1.78. The summed E-state index contributed by atoms with van der Waals surface area (Å²) in [6, 6.07) is 0. The van der Waals surface area contributed by atoms with Crippen LogP contribution in [0.1, 0.15) is 19.3 Å². The number of nitrogens with one attached hydrogen (secondary N) is 1. The molecule has 1 aliphatic heterocycles. The highest BCUT2D eigenvalue weighted by molar-refractivity contribution is 4.66. The molecule has 0 aromatic rings. The zero-order chi connectivity index (χ0) is 10.2. The van der Waals surface area contributed by atoms with Crippen LogP contribution in [0.3, 0.4) is 0 Å². The molecule has 0 unspecified atom stereocenters. The lowest BCUT2D eigenvalue weighted by Crippen LogP contribution is -2.29. The van der Waals surface area contributed by atoms with Gasteiger partial charge in [0.25, 0.3) is 0 Å². The Balaban J connectivity index is 1.87. The van der Waals surface area contributed by atoms with E-state index in [4.69, 9.17) is 4.74 Å². The minimum atomic E-state index is 0.850. The highest BCUT2D eigenvalue weighted by Gasteiger charge is 2.12. The van der Waals surface area contributed by atoms with E-state index >= 15 is 0 Å². The molecule has 0 aliphatic carbocycles. The molecule has 84 valence electrons. The van der Waals surface area contributed by atoms with Crippen molar-refractivity contribution < 1.29 is 4.74 Å². The molecule has 0 spiro atoms. The van der Waals surface area contributed by atoms with Crippen LogP contribution in [0.15, 0.2) is 0 Å². The zero-order valence-corrected chi connectivity index (χ0v) is 9.59. The average Bonchev–Trinajstić information content (AvgIpc) is 2.18. The van der Waals surface area contributed by atoms with Gasteiger partial charge in [0.2, 0.25) is 0 Å². The number of ether oxygens (including phenoxy) is 1. The minimum Gasteiger partial charge on any atom is -0.381 e. The summed E-state index contributed by atoms with van der Waals surface area (Å²) in [6.07, 6.45) is 3.72. The summed E-state index contributed by atoms with van der Waals surface area (Å²) in [5.74, 6) is 0.850. The molecular weight excluding hydrogens is 176 g/mol. The van der Waals surface area contributed by atoms with E-state index in [2.05, 4.69) is 24.3 Å². The minimum absolute atomic E-state index is 0.850. The van der Waals surface area contributed by atoms with Crippen LogP contribution in [0.2, 0.25) is 0 Å². The first-order valence-electron chi connectivity index (χ1n) is 5.72. The second-order valence-electron chi connectivity index (χ2n) is 4.42. The summed E-state index contributed by atoms with van der Waals surface area (Å²) in [7, 11) is 4.25.